The molecule has 0 aliphatic heterocycles. The van der Waals surface area contributed by atoms with Gasteiger partial charge in [-0.05, 0) is 29.7 Å². The summed E-state index contributed by atoms with van der Waals surface area (Å²) >= 11 is 0. The lowest BCUT2D eigenvalue weighted by Crippen LogP contribution is -2.10. The van der Waals surface area contributed by atoms with E-state index in [2.05, 4.69) is 6.92 Å². The van der Waals surface area contributed by atoms with Gasteiger partial charge in [-0.3, -0.25) is 0 Å². The number of nitrogens with two attached hydrogens (primary N) is 1. The van der Waals surface area contributed by atoms with E-state index in [0.29, 0.717) is 6.61 Å². The van der Waals surface area contributed by atoms with Gasteiger partial charge < -0.3 is 15.2 Å². The van der Waals surface area contributed by atoms with Crippen molar-refractivity contribution in [2.45, 2.75) is 32.4 Å². The number of hydrogen-bond donors (Lipinski definition) is 1. The summed E-state index contributed by atoms with van der Waals surface area (Å²) in [6, 6.07) is 16.0. The second-order valence-corrected chi connectivity index (χ2v) is 5.08. The van der Waals surface area contributed by atoms with E-state index in [9.17, 15) is 0 Å². The maximum absolute atomic E-state index is 6.18. The van der Waals surface area contributed by atoms with Gasteiger partial charge in [0, 0.05) is 6.04 Å². The van der Waals surface area contributed by atoms with Crippen LogP contribution in [0.2, 0.25) is 0 Å². The Kier molecular flexibility index (Phi) is 7.78. The molecule has 0 saturated carbocycles. The van der Waals surface area contributed by atoms with E-state index < -0.39 is 0 Å². The third-order valence-corrected chi connectivity index (χ3v) is 3.45. The molecule has 0 amide bonds. The largest absolute Gasteiger partial charge is 0.493 e. The quantitative estimate of drug-likeness (QED) is 0.816. The van der Waals surface area contributed by atoms with Gasteiger partial charge in [0.1, 0.15) is 6.61 Å². The van der Waals surface area contributed by atoms with E-state index in [0.717, 1.165) is 35.5 Å². The van der Waals surface area contributed by atoms with E-state index >= 15 is 0 Å². The molecular formula is C18H24ClNO2. The normalized spacial score (nSPS) is 11.4. The number of benzene rings is 2. The van der Waals surface area contributed by atoms with Crippen molar-refractivity contribution >= 4 is 12.4 Å². The van der Waals surface area contributed by atoms with Crippen molar-refractivity contribution in [1.29, 1.82) is 0 Å². The molecule has 0 aliphatic carbocycles. The van der Waals surface area contributed by atoms with Gasteiger partial charge >= 0.3 is 0 Å². The minimum absolute atomic E-state index is 0. The molecule has 4 heteroatoms. The van der Waals surface area contributed by atoms with Crippen LogP contribution in [0.1, 0.15) is 36.9 Å². The van der Waals surface area contributed by atoms with E-state index in [1.54, 1.807) is 7.11 Å². The van der Waals surface area contributed by atoms with Crippen LogP contribution in [0.25, 0.3) is 0 Å². The van der Waals surface area contributed by atoms with Gasteiger partial charge in [0.15, 0.2) is 11.5 Å². The van der Waals surface area contributed by atoms with Gasteiger partial charge in [-0.15, -0.1) is 12.4 Å². The number of hydrogen-bond acceptors (Lipinski definition) is 3. The number of methoxy groups -OCH3 is 1. The Morgan fingerprint density at radius 1 is 1.05 bits per heavy atom. The lowest BCUT2D eigenvalue weighted by Gasteiger charge is -2.15. The molecule has 2 rings (SSSR count). The van der Waals surface area contributed by atoms with Crippen molar-refractivity contribution in [2.75, 3.05) is 7.11 Å². The van der Waals surface area contributed by atoms with Crippen LogP contribution in [0.4, 0.5) is 0 Å². The van der Waals surface area contributed by atoms with E-state index in [1.165, 1.54) is 0 Å². The van der Waals surface area contributed by atoms with Crippen LogP contribution in [-0.4, -0.2) is 7.11 Å². The molecule has 0 spiro atoms. The minimum Gasteiger partial charge on any atom is -0.493 e. The Hall–Kier alpha value is -1.71. The van der Waals surface area contributed by atoms with Crippen molar-refractivity contribution in [1.82, 2.24) is 0 Å². The standard InChI is InChI=1S/C18H23NO2.ClH/c1-3-7-16(19)15-10-11-17(20-2)18(12-15)21-13-14-8-5-4-6-9-14;/h4-6,8-12,16H,3,7,13,19H2,1-2H3;1H/t16-;/m0./s1. The first kappa shape index (κ1) is 18.3. The fourth-order valence-electron chi connectivity index (χ4n) is 2.25. The Balaban J connectivity index is 0.00000242. The average molecular weight is 322 g/mol. The summed E-state index contributed by atoms with van der Waals surface area (Å²) in [4.78, 5) is 0. The zero-order chi connectivity index (χ0) is 15.1. The van der Waals surface area contributed by atoms with E-state index in [1.807, 2.05) is 48.5 Å². The molecule has 0 radical (unpaired) electrons. The second-order valence-electron chi connectivity index (χ2n) is 5.08. The zero-order valence-electron chi connectivity index (χ0n) is 13.1. The molecule has 0 heterocycles. The molecule has 0 fully saturated rings. The van der Waals surface area contributed by atoms with Gasteiger partial charge in [0.2, 0.25) is 0 Å². The summed E-state index contributed by atoms with van der Waals surface area (Å²) < 4.78 is 11.3. The molecule has 2 N–H and O–H groups in total. The Morgan fingerprint density at radius 3 is 2.41 bits per heavy atom. The zero-order valence-corrected chi connectivity index (χ0v) is 13.9. The second kappa shape index (κ2) is 9.34. The van der Waals surface area contributed by atoms with Crippen molar-refractivity contribution in [3.05, 3.63) is 59.7 Å². The smallest absolute Gasteiger partial charge is 0.161 e. The molecule has 0 aliphatic rings. The molecule has 120 valence electrons. The fraction of sp³-hybridized carbons (Fsp3) is 0.333. The summed E-state index contributed by atoms with van der Waals surface area (Å²) in [6.07, 6.45) is 2.03. The molecule has 3 nitrogen and oxygen atoms in total. The highest BCUT2D eigenvalue weighted by Crippen LogP contribution is 2.31. The van der Waals surface area contributed by atoms with E-state index in [4.69, 9.17) is 15.2 Å². The van der Waals surface area contributed by atoms with Gasteiger partial charge in [-0.2, -0.15) is 0 Å². The number of halogens is 1. The maximum Gasteiger partial charge on any atom is 0.161 e. The lowest BCUT2D eigenvalue weighted by molar-refractivity contribution is 0.284. The summed E-state index contributed by atoms with van der Waals surface area (Å²) in [5, 5.41) is 0. The Bertz CT molecular complexity index is 560. The molecule has 0 aromatic heterocycles. The average Bonchev–Trinajstić information content (AvgIpc) is 2.54. The summed E-state index contributed by atoms with van der Waals surface area (Å²) in [7, 11) is 1.65. The van der Waals surface area contributed by atoms with Crippen LogP contribution in [0.3, 0.4) is 0 Å². The highest BCUT2D eigenvalue weighted by Gasteiger charge is 2.10. The van der Waals surface area contributed by atoms with Gasteiger partial charge in [-0.1, -0.05) is 49.7 Å². The van der Waals surface area contributed by atoms with Crippen LogP contribution in [0.5, 0.6) is 11.5 Å². The van der Waals surface area contributed by atoms with Crippen molar-refractivity contribution in [3.8, 4) is 11.5 Å². The molecule has 22 heavy (non-hydrogen) atoms. The summed E-state index contributed by atoms with van der Waals surface area (Å²) in [5.74, 6) is 1.48. The molecule has 1 atom stereocenters. The molecule has 0 saturated heterocycles. The van der Waals surface area contributed by atoms with Gasteiger partial charge in [0.25, 0.3) is 0 Å². The first-order valence-electron chi connectivity index (χ1n) is 7.34. The van der Waals surface area contributed by atoms with Crippen molar-refractivity contribution < 1.29 is 9.47 Å². The van der Waals surface area contributed by atoms with Crippen LogP contribution in [0.15, 0.2) is 48.5 Å². The van der Waals surface area contributed by atoms with Crippen molar-refractivity contribution in [2.24, 2.45) is 5.73 Å². The molecular weight excluding hydrogens is 298 g/mol. The monoisotopic (exact) mass is 321 g/mol. The third kappa shape index (κ3) is 4.93. The molecule has 2 aromatic carbocycles. The highest BCUT2D eigenvalue weighted by molar-refractivity contribution is 5.85. The Morgan fingerprint density at radius 2 is 1.77 bits per heavy atom. The summed E-state index contributed by atoms with van der Waals surface area (Å²) in [5.41, 5.74) is 8.39. The topological polar surface area (TPSA) is 44.5 Å². The first-order chi connectivity index (χ1) is 10.2. The minimum atomic E-state index is 0. The van der Waals surface area contributed by atoms with Gasteiger partial charge in [-0.25, -0.2) is 0 Å². The van der Waals surface area contributed by atoms with Gasteiger partial charge in [0.05, 0.1) is 7.11 Å². The molecule has 2 aromatic rings. The third-order valence-electron chi connectivity index (χ3n) is 3.45. The van der Waals surface area contributed by atoms with Crippen LogP contribution >= 0.6 is 12.4 Å². The molecule has 0 unspecified atom stereocenters. The number of rotatable bonds is 7. The van der Waals surface area contributed by atoms with Crippen LogP contribution in [0, 0.1) is 0 Å². The first-order valence-corrected chi connectivity index (χ1v) is 7.34. The maximum atomic E-state index is 6.18. The predicted octanol–water partition coefficient (Wildman–Crippen LogP) is 4.50. The predicted molar refractivity (Wildman–Crippen MR) is 92.9 cm³/mol. The SMILES string of the molecule is CCC[C@H](N)c1ccc(OC)c(OCc2ccccc2)c1.Cl. The lowest BCUT2D eigenvalue weighted by atomic mass is 10.0. The fourth-order valence-corrected chi connectivity index (χ4v) is 2.25. The summed E-state index contributed by atoms with van der Waals surface area (Å²) in [6.45, 7) is 2.65. The van der Waals surface area contributed by atoms with E-state index in [-0.39, 0.29) is 18.4 Å². The van der Waals surface area contributed by atoms with Crippen LogP contribution in [-0.2, 0) is 6.61 Å². The van der Waals surface area contributed by atoms with Crippen molar-refractivity contribution in [3.63, 3.8) is 0 Å². The van der Waals surface area contributed by atoms with Crippen LogP contribution < -0.4 is 15.2 Å². The molecule has 0 bridgehead atoms. The Labute approximate surface area is 138 Å². The highest BCUT2D eigenvalue weighted by atomic mass is 35.5. The number of ether oxygens (including phenoxy) is 2.